The Balaban J connectivity index is 2.48. The molecule has 96 valence electrons. The van der Waals surface area contributed by atoms with Crippen LogP contribution in [0.1, 0.15) is 20.8 Å². The highest BCUT2D eigenvalue weighted by Gasteiger charge is 2.09. The minimum absolute atomic E-state index is 0.271. The standard InChI is InChI=1S/C14H23NO2/c1-14(2,3)11-15-12-6-5-7-13(10-12)17-9-8-16-4/h5-7,10,15H,8-9,11H2,1-4H3. The van der Waals surface area contributed by atoms with Crippen LogP contribution in [0, 0.1) is 5.41 Å². The van der Waals surface area contributed by atoms with Crippen LogP contribution in [0.15, 0.2) is 24.3 Å². The van der Waals surface area contributed by atoms with Crippen LogP contribution in [-0.2, 0) is 4.74 Å². The van der Waals surface area contributed by atoms with Crippen LogP contribution < -0.4 is 10.1 Å². The predicted molar refractivity (Wildman–Crippen MR) is 71.8 cm³/mol. The zero-order chi connectivity index (χ0) is 12.7. The molecule has 0 heterocycles. The van der Waals surface area contributed by atoms with Gasteiger partial charge in [0, 0.05) is 25.4 Å². The Kier molecular flexibility index (Phi) is 5.29. The van der Waals surface area contributed by atoms with Crippen LogP contribution in [0.5, 0.6) is 5.75 Å². The molecular formula is C14H23NO2. The summed E-state index contributed by atoms with van der Waals surface area (Å²) in [5, 5.41) is 3.40. The van der Waals surface area contributed by atoms with Crippen molar-refractivity contribution in [3.63, 3.8) is 0 Å². The van der Waals surface area contributed by atoms with E-state index in [0.29, 0.717) is 13.2 Å². The molecule has 0 aliphatic carbocycles. The summed E-state index contributed by atoms with van der Waals surface area (Å²) in [6.45, 7) is 8.75. The third-order valence-corrected chi connectivity index (χ3v) is 2.21. The van der Waals surface area contributed by atoms with Gasteiger partial charge in [0.2, 0.25) is 0 Å². The van der Waals surface area contributed by atoms with Gasteiger partial charge >= 0.3 is 0 Å². The second-order valence-corrected chi connectivity index (χ2v) is 5.28. The van der Waals surface area contributed by atoms with E-state index in [4.69, 9.17) is 9.47 Å². The molecule has 0 aromatic heterocycles. The van der Waals surface area contributed by atoms with Crippen LogP contribution in [0.3, 0.4) is 0 Å². The Bertz CT molecular complexity index is 331. The van der Waals surface area contributed by atoms with Gasteiger partial charge < -0.3 is 14.8 Å². The average Bonchev–Trinajstić information content (AvgIpc) is 2.27. The molecule has 1 N–H and O–H groups in total. The van der Waals surface area contributed by atoms with Crippen LogP contribution in [0.25, 0.3) is 0 Å². The minimum Gasteiger partial charge on any atom is -0.491 e. The molecule has 0 fully saturated rings. The second kappa shape index (κ2) is 6.50. The topological polar surface area (TPSA) is 30.5 Å². The van der Waals surface area contributed by atoms with Gasteiger partial charge in [0.15, 0.2) is 0 Å². The van der Waals surface area contributed by atoms with Gasteiger partial charge in [0.25, 0.3) is 0 Å². The molecule has 0 unspecified atom stereocenters. The quantitative estimate of drug-likeness (QED) is 0.771. The normalized spacial score (nSPS) is 11.3. The van der Waals surface area contributed by atoms with Gasteiger partial charge in [-0.3, -0.25) is 0 Å². The minimum atomic E-state index is 0.271. The van der Waals surface area contributed by atoms with Gasteiger partial charge in [-0.15, -0.1) is 0 Å². The third-order valence-electron chi connectivity index (χ3n) is 2.21. The fourth-order valence-corrected chi connectivity index (χ4v) is 1.31. The molecule has 3 nitrogen and oxygen atoms in total. The Hall–Kier alpha value is -1.22. The zero-order valence-corrected chi connectivity index (χ0v) is 11.2. The summed E-state index contributed by atoms with van der Waals surface area (Å²) < 4.78 is 10.5. The summed E-state index contributed by atoms with van der Waals surface area (Å²) in [4.78, 5) is 0. The number of anilines is 1. The average molecular weight is 237 g/mol. The number of rotatable bonds is 6. The van der Waals surface area contributed by atoms with Crippen molar-refractivity contribution < 1.29 is 9.47 Å². The summed E-state index contributed by atoms with van der Waals surface area (Å²) in [5.41, 5.74) is 1.36. The molecular weight excluding hydrogens is 214 g/mol. The molecule has 0 saturated heterocycles. The summed E-state index contributed by atoms with van der Waals surface area (Å²) in [6, 6.07) is 8.02. The molecule has 0 aliphatic rings. The van der Waals surface area contributed by atoms with Gasteiger partial charge in [-0.05, 0) is 17.5 Å². The fourth-order valence-electron chi connectivity index (χ4n) is 1.31. The fraction of sp³-hybridized carbons (Fsp3) is 0.571. The smallest absolute Gasteiger partial charge is 0.121 e. The van der Waals surface area contributed by atoms with Crippen LogP contribution in [0.4, 0.5) is 5.69 Å². The van der Waals surface area contributed by atoms with E-state index in [9.17, 15) is 0 Å². The molecule has 3 heteroatoms. The number of hydrogen-bond acceptors (Lipinski definition) is 3. The van der Waals surface area contributed by atoms with Gasteiger partial charge in [0.1, 0.15) is 12.4 Å². The summed E-state index contributed by atoms with van der Waals surface area (Å²) >= 11 is 0. The van der Waals surface area contributed by atoms with Crippen molar-refractivity contribution in [3.05, 3.63) is 24.3 Å². The van der Waals surface area contributed by atoms with Crippen molar-refractivity contribution in [3.8, 4) is 5.75 Å². The highest BCUT2D eigenvalue weighted by molar-refractivity contribution is 5.48. The van der Waals surface area contributed by atoms with Crippen molar-refractivity contribution in [2.45, 2.75) is 20.8 Å². The second-order valence-electron chi connectivity index (χ2n) is 5.28. The van der Waals surface area contributed by atoms with E-state index in [1.807, 2.05) is 18.2 Å². The molecule has 0 spiro atoms. The van der Waals surface area contributed by atoms with E-state index < -0.39 is 0 Å². The first-order chi connectivity index (χ1) is 8.01. The first kappa shape index (κ1) is 13.8. The molecule has 0 bridgehead atoms. The van der Waals surface area contributed by atoms with Crippen molar-refractivity contribution in [1.82, 2.24) is 0 Å². The van der Waals surface area contributed by atoms with Crippen molar-refractivity contribution in [1.29, 1.82) is 0 Å². The maximum atomic E-state index is 5.55. The Morgan fingerprint density at radius 2 is 1.94 bits per heavy atom. The third kappa shape index (κ3) is 6.17. The molecule has 1 aromatic rings. The summed E-state index contributed by atoms with van der Waals surface area (Å²) in [7, 11) is 1.67. The summed E-state index contributed by atoms with van der Waals surface area (Å²) in [6.07, 6.45) is 0. The van der Waals surface area contributed by atoms with E-state index in [2.05, 4.69) is 32.2 Å². The predicted octanol–water partition coefficient (Wildman–Crippen LogP) is 3.17. The van der Waals surface area contributed by atoms with E-state index in [-0.39, 0.29) is 5.41 Å². The number of hydrogen-bond donors (Lipinski definition) is 1. The zero-order valence-electron chi connectivity index (χ0n) is 11.2. The van der Waals surface area contributed by atoms with Gasteiger partial charge in [-0.1, -0.05) is 26.8 Å². The lowest BCUT2D eigenvalue weighted by molar-refractivity contribution is 0.146. The largest absolute Gasteiger partial charge is 0.491 e. The Morgan fingerprint density at radius 3 is 2.59 bits per heavy atom. The lowest BCUT2D eigenvalue weighted by Gasteiger charge is -2.19. The van der Waals surface area contributed by atoms with E-state index in [0.717, 1.165) is 18.0 Å². The first-order valence-corrected chi connectivity index (χ1v) is 5.97. The number of ether oxygens (including phenoxy) is 2. The van der Waals surface area contributed by atoms with Crippen LogP contribution >= 0.6 is 0 Å². The SMILES string of the molecule is COCCOc1cccc(NCC(C)(C)C)c1. The van der Waals surface area contributed by atoms with Crippen molar-refractivity contribution in [2.75, 3.05) is 32.2 Å². The molecule has 17 heavy (non-hydrogen) atoms. The monoisotopic (exact) mass is 237 g/mol. The maximum absolute atomic E-state index is 5.55. The molecule has 0 amide bonds. The van der Waals surface area contributed by atoms with E-state index in [1.165, 1.54) is 0 Å². The number of benzene rings is 1. The molecule has 0 saturated carbocycles. The molecule has 1 rings (SSSR count). The van der Waals surface area contributed by atoms with Crippen LogP contribution in [-0.4, -0.2) is 26.9 Å². The highest BCUT2D eigenvalue weighted by atomic mass is 16.5. The Labute approximate surface area is 104 Å². The first-order valence-electron chi connectivity index (χ1n) is 5.97. The van der Waals surface area contributed by atoms with Crippen molar-refractivity contribution in [2.24, 2.45) is 5.41 Å². The van der Waals surface area contributed by atoms with E-state index in [1.54, 1.807) is 7.11 Å². The van der Waals surface area contributed by atoms with Crippen LogP contribution in [0.2, 0.25) is 0 Å². The Morgan fingerprint density at radius 1 is 1.18 bits per heavy atom. The molecule has 1 aromatic carbocycles. The molecule has 0 radical (unpaired) electrons. The number of methoxy groups -OCH3 is 1. The lowest BCUT2D eigenvalue weighted by atomic mass is 9.97. The van der Waals surface area contributed by atoms with Gasteiger partial charge in [-0.25, -0.2) is 0 Å². The lowest BCUT2D eigenvalue weighted by Crippen LogP contribution is -2.18. The van der Waals surface area contributed by atoms with Gasteiger partial charge in [-0.2, -0.15) is 0 Å². The number of nitrogens with one attached hydrogen (secondary N) is 1. The summed E-state index contributed by atoms with van der Waals surface area (Å²) in [5.74, 6) is 0.876. The maximum Gasteiger partial charge on any atom is 0.121 e. The highest BCUT2D eigenvalue weighted by Crippen LogP contribution is 2.20. The molecule has 0 aliphatic heterocycles. The van der Waals surface area contributed by atoms with Gasteiger partial charge in [0.05, 0.1) is 6.61 Å². The molecule has 0 atom stereocenters. The van der Waals surface area contributed by atoms with E-state index >= 15 is 0 Å². The van der Waals surface area contributed by atoms with Crippen molar-refractivity contribution >= 4 is 5.69 Å².